The Labute approximate surface area is 184 Å². The van der Waals surface area contributed by atoms with E-state index in [0.717, 1.165) is 44.5 Å². The largest absolute Gasteiger partial charge is 0.355 e. The fourth-order valence-electron chi connectivity index (χ4n) is 3.70. The van der Waals surface area contributed by atoms with E-state index in [0.29, 0.717) is 23.4 Å². The number of rotatable bonds is 5. The van der Waals surface area contributed by atoms with Crippen LogP contribution in [0.1, 0.15) is 22.3 Å². The molecule has 8 heteroatoms. The van der Waals surface area contributed by atoms with Crippen molar-refractivity contribution in [2.75, 3.05) is 36.4 Å². The molecule has 5 nitrogen and oxygen atoms in total. The SMILES string of the molecule is O=C(Nc1ccc(N2CCCN(Cc3ccc(F)cc3F)CC2)nc1)c1ccc(F)cc1. The normalized spacial score (nSPS) is 14.8. The van der Waals surface area contributed by atoms with Gasteiger partial charge in [0.1, 0.15) is 23.3 Å². The molecule has 0 atom stereocenters. The van der Waals surface area contributed by atoms with Gasteiger partial charge in [-0.15, -0.1) is 0 Å². The molecule has 1 aliphatic heterocycles. The average molecular weight is 440 g/mol. The van der Waals surface area contributed by atoms with Crippen molar-refractivity contribution < 1.29 is 18.0 Å². The van der Waals surface area contributed by atoms with Crippen LogP contribution in [0.2, 0.25) is 0 Å². The molecule has 32 heavy (non-hydrogen) atoms. The Bertz CT molecular complexity index is 1070. The monoisotopic (exact) mass is 440 g/mol. The number of hydrogen-bond donors (Lipinski definition) is 1. The van der Waals surface area contributed by atoms with Crippen LogP contribution in [-0.4, -0.2) is 42.0 Å². The van der Waals surface area contributed by atoms with Crippen LogP contribution in [0.25, 0.3) is 0 Å². The Balaban J connectivity index is 1.34. The van der Waals surface area contributed by atoms with Gasteiger partial charge >= 0.3 is 0 Å². The molecule has 1 aliphatic rings. The van der Waals surface area contributed by atoms with Gasteiger partial charge in [-0.3, -0.25) is 9.69 Å². The first-order valence-corrected chi connectivity index (χ1v) is 10.4. The zero-order valence-corrected chi connectivity index (χ0v) is 17.4. The van der Waals surface area contributed by atoms with Crippen LogP contribution in [0.3, 0.4) is 0 Å². The summed E-state index contributed by atoms with van der Waals surface area (Å²) in [4.78, 5) is 21.0. The highest BCUT2D eigenvalue weighted by Crippen LogP contribution is 2.19. The standard InChI is InChI=1S/C24H23F3N4O/c25-19-5-2-17(3-6-19)24(32)29-21-8-9-23(28-15-21)31-11-1-10-30(12-13-31)16-18-4-7-20(26)14-22(18)27/h2-9,14-15H,1,10-13,16H2,(H,29,32). The number of benzene rings is 2. The van der Waals surface area contributed by atoms with Crippen LogP contribution < -0.4 is 10.2 Å². The maximum absolute atomic E-state index is 14.0. The first-order chi connectivity index (χ1) is 15.5. The Morgan fingerprint density at radius 2 is 1.69 bits per heavy atom. The second-order valence-electron chi connectivity index (χ2n) is 7.72. The lowest BCUT2D eigenvalue weighted by Crippen LogP contribution is -2.31. The molecule has 4 rings (SSSR count). The summed E-state index contributed by atoms with van der Waals surface area (Å²) in [5, 5.41) is 2.75. The summed E-state index contributed by atoms with van der Waals surface area (Å²) in [5.41, 5.74) is 1.39. The molecule has 2 heterocycles. The van der Waals surface area contributed by atoms with E-state index in [4.69, 9.17) is 0 Å². The van der Waals surface area contributed by atoms with Crippen LogP contribution in [0, 0.1) is 17.5 Å². The molecule has 3 aromatic rings. The van der Waals surface area contributed by atoms with Crippen LogP contribution in [-0.2, 0) is 6.54 Å². The number of amides is 1. The third kappa shape index (κ3) is 5.45. The van der Waals surface area contributed by atoms with Gasteiger partial charge in [0.05, 0.1) is 11.9 Å². The fourth-order valence-corrected chi connectivity index (χ4v) is 3.70. The summed E-state index contributed by atoms with van der Waals surface area (Å²) in [6, 6.07) is 12.6. The van der Waals surface area contributed by atoms with Gasteiger partial charge < -0.3 is 10.2 Å². The van der Waals surface area contributed by atoms with Crippen LogP contribution in [0.5, 0.6) is 0 Å². The van der Waals surface area contributed by atoms with Gasteiger partial charge in [0, 0.05) is 49.9 Å². The lowest BCUT2D eigenvalue weighted by atomic mass is 10.2. The van der Waals surface area contributed by atoms with E-state index < -0.39 is 17.5 Å². The van der Waals surface area contributed by atoms with E-state index in [1.54, 1.807) is 12.3 Å². The maximum Gasteiger partial charge on any atom is 0.255 e. The molecule has 1 amide bonds. The van der Waals surface area contributed by atoms with Gasteiger partial charge in [-0.05, 0) is 48.9 Å². The van der Waals surface area contributed by atoms with Crippen molar-refractivity contribution in [3.63, 3.8) is 0 Å². The third-order valence-electron chi connectivity index (χ3n) is 5.43. The van der Waals surface area contributed by atoms with E-state index >= 15 is 0 Å². The van der Waals surface area contributed by atoms with Crippen molar-refractivity contribution in [3.8, 4) is 0 Å². The lowest BCUT2D eigenvalue weighted by Gasteiger charge is -2.23. The van der Waals surface area contributed by atoms with Gasteiger partial charge in [-0.2, -0.15) is 0 Å². The molecule has 0 aliphatic carbocycles. The first kappa shape index (κ1) is 21.8. The molecule has 1 aromatic heterocycles. The summed E-state index contributed by atoms with van der Waals surface area (Å²) in [7, 11) is 0. The Hall–Kier alpha value is -3.39. The lowest BCUT2D eigenvalue weighted by molar-refractivity contribution is 0.102. The van der Waals surface area contributed by atoms with Gasteiger partial charge in [-0.25, -0.2) is 18.2 Å². The molecule has 2 aromatic carbocycles. The number of hydrogen-bond acceptors (Lipinski definition) is 4. The number of nitrogens with zero attached hydrogens (tertiary/aromatic N) is 3. The van der Waals surface area contributed by atoms with Crippen LogP contribution >= 0.6 is 0 Å². The van der Waals surface area contributed by atoms with Gasteiger partial charge in [-0.1, -0.05) is 6.07 Å². The van der Waals surface area contributed by atoms with E-state index in [9.17, 15) is 18.0 Å². The number of nitrogens with one attached hydrogen (secondary N) is 1. The number of pyridine rings is 1. The van der Waals surface area contributed by atoms with Crippen molar-refractivity contribution in [2.24, 2.45) is 0 Å². The highest BCUT2D eigenvalue weighted by atomic mass is 19.1. The Morgan fingerprint density at radius 3 is 2.41 bits per heavy atom. The highest BCUT2D eigenvalue weighted by molar-refractivity contribution is 6.04. The topological polar surface area (TPSA) is 48.5 Å². The van der Waals surface area contributed by atoms with Crippen molar-refractivity contribution >= 4 is 17.4 Å². The smallest absolute Gasteiger partial charge is 0.255 e. The number of carbonyl (C=O) groups excluding carboxylic acids is 1. The summed E-state index contributed by atoms with van der Waals surface area (Å²) in [5.74, 6) is -1.04. The number of halogens is 3. The molecule has 1 fully saturated rings. The van der Waals surface area contributed by atoms with Crippen LogP contribution in [0.4, 0.5) is 24.7 Å². The molecule has 166 valence electrons. The predicted octanol–water partition coefficient (Wildman–Crippen LogP) is 4.46. The summed E-state index contributed by atoms with van der Waals surface area (Å²) in [6.07, 6.45) is 2.47. The average Bonchev–Trinajstić information content (AvgIpc) is 3.02. The maximum atomic E-state index is 14.0. The molecule has 0 unspecified atom stereocenters. The zero-order chi connectivity index (χ0) is 22.5. The minimum Gasteiger partial charge on any atom is -0.355 e. The Kier molecular flexibility index (Phi) is 6.70. The third-order valence-corrected chi connectivity index (χ3v) is 5.43. The summed E-state index contributed by atoms with van der Waals surface area (Å²) < 4.78 is 40.1. The van der Waals surface area contributed by atoms with Crippen molar-refractivity contribution in [2.45, 2.75) is 13.0 Å². The molecule has 1 N–H and O–H groups in total. The van der Waals surface area contributed by atoms with E-state index in [-0.39, 0.29) is 5.91 Å². The molecular weight excluding hydrogens is 417 g/mol. The first-order valence-electron chi connectivity index (χ1n) is 10.4. The molecule has 0 bridgehead atoms. The van der Waals surface area contributed by atoms with E-state index in [1.807, 2.05) is 6.07 Å². The number of carbonyl (C=O) groups is 1. The molecule has 0 spiro atoms. The van der Waals surface area contributed by atoms with E-state index in [1.165, 1.54) is 36.4 Å². The molecule has 1 saturated heterocycles. The van der Waals surface area contributed by atoms with Crippen molar-refractivity contribution in [1.82, 2.24) is 9.88 Å². The second kappa shape index (κ2) is 9.82. The molecular formula is C24H23F3N4O. The van der Waals surface area contributed by atoms with Gasteiger partial charge in [0.25, 0.3) is 5.91 Å². The fraction of sp³-hybridized carbons (Fsp3) is 0.250. The minimum absolute atomic E-state index is 0.335. The van der Waals surface area contributed by atoms with E-state index in [2.05, 4.69) is 20.1 Å². The number of aromatic nitrogens is 1. The molecule has 0 radical (unpaired) electrons. The second-order valence-corrected chi connectivity index (χ2v) is 7.72. The minimum atomic E-state index is -0.573. The summed E-state index contributed by atoms with van der Waals surface area (Å²) >= 11 is 0. The number of anilines is 2. The van der Waals surface area contributed by atoms with Crippen molar-refractivity contribution in [1.29, 1.82) is 0 Å². The quantitative estimate of drug-likeness (QED) is 0.636. The Morgan fingerprint density at radius 1 is 0.906 bits per heavy atom. The summed E-state index contributed by atoms with van der Waals surface area (Å²) in [6.45, 7) is 3.48. The van der Waals surface area contributed by atoms with Crippen LogP contribution in [0.15, 0.2) is 60.8 Å². The molecule has 0 saturated carbocycles. The van der Waals surface area contributed by atoms with Crippen molar-refractivity contribution in [3.05, 3.63) is 89.4 Å². The highest BCUT2D eigenvalue weighted by Gasteiger charge is 2.18. The van der Waals surface area contributed by atoms with Gasteiger partial charge in [0.15, 0.2) is 0 Å². The van der Waals surface area contributed by atoms with Gasteiger partial charge in [0.2, 0.25) is 0 Å². The predicted molar refractivity (Wildman–Crippen MR) is 117 cm³/mol. The zero-order valence-electron chi connectivity index (χ0n) is 17.4.